The highest BCUT2D eigenvalue weighted by Gasteiger charge is 2.37. The van der Waals surface area contributed by atoms with Crippen molar-refractivity contribution in [2.45, 2.75) is 25.8 Å². The number of aliphatic hydroxyl groups excluding tert-OH is 1. The van der Waals surface area contributed by atoms with Gasteiger partial charge in [-0.15, -0.1) is 0 Å². The molecule has 0 aliphatic heterocycles. The fraction of sp³-hybridized carbons (Fsp3) is 0.368. The number of hydrogen-bond acceptors (Lipinski definition) is 5. The zero-order valence-electron chi connectivity index (χ0n) is 15.3. The molecule has 2 aromatic carbocycles. The highest BCUT2D eigenvalue weighted by Crippen LogP contribution is 2.58. The Labute approximate surface area is 149 Å². The molecule has 0 saturated heterocycles. The van der Waals surface area contributed by atoms with Crippen LogP contribution in [-0.2, 0) is 9.09 Å². The molecule has 2 aromatic rings. The van der Waals surface area contributed by atoms with Gasteiger partial charge < -0.3 is 19.3 Å². The fourth-order valence-electron chi connectivity index (χ4n) is 2.50. The van der Waals surface area contributed by atoms with Crippen LogP contribution in [0.3, 0.4) is 0 Å². The first kappa shape index (κ1) is 19.5. The molecule has 25 heavy (non-hydrogen) atoms. The normalized spacial score (nSPS) is 14.8. The number of rotatable bonds is 7. The van der Waals surface area contributed by atoms with E-state index in [2.05, 4.69) is 0 Å². The van der Waals surface area contributed by atoms with E-state index in [0.29, 0.717) is 16.6 Å². The van der Waals surface area contributed by atoms with E-state index in [0.717, 1.165) is 5.69 Å². The zero-order valence-corrected chi connectivity index (χ0v) is 16.2. The summed E-state index contributed by atoms with van der Waals surface area (Å²) < 4.78 is 24.5. The Kier molecular flexibility index (Phi) is 6.28. The highest BCUT2D eigenvalue weighted by atomic mass is 31.2. The Bertz CT molecular complexity index is 726. The summed E-state index contributed by atoms with van der Waals surface area (Å²) in [5, 5.41) is 11.3. The van der Waals surface area contributed by atoms with E-state index in [-0.39, 0.29) is 6.10 Å². The molecule has 2 rings (SSSR count). The van der Waals surface area contributed by atoms with Crippen LogP contribution in [-0.4, -0.2) is 32.4 Å². The third-order valence-corrected chi connectivity index (χ3v) is 6.52. The van der Waals surface area contributed by atoms with Crippen LogP contribution in [0.2, 0.25) is 0 Å². The maximum atomic E-state index is 13.6. The topological polar surface area (TPSA) is 59.0 Å². The van der Waals surface area contributed by atoms with Crippen LogP contribution in [0.15, 0.2) is 48.5 Å². The summed E-state index contributed by atoms with van der Waals surface area (Å²) >= 11 is 0. The average molecular weight is 363 g/mol. The van der Waals surface area contributed by atoms with Gasteiger partial charge in [-0.3, -0.25) is 4.57 Å². The molecule has 0 aliphatic carbocycles. The molecule has 2 atom stereocenters. The van der Waals surface area contributed by atoms with Crippen molar-refractivity contribution in [1.29, 1.82) is 0 Å². The summed E-state index contributed by atoms with van der Waals surface area (Å²) in [5.74, 6) is -0.572. The van der Waals surface area contributed by atoms with Gasteiger partial charge >= 0.3 is 0 Å². The number of nitrogens with zero attached hydrogens (tertiary/aromatic N) is 1. The smallest absolute Gasteiger partial charge is 0.264 e. The van der Waals surface area contributed by atoms with Crippen molar-refractivity contribution in [3.8, 4) is 5.75 Å². The molecule has 0 radical (unpaired) electrons. The van der Waals surface area contributed by atoms with Gasteiger partial charge in [-0.05, 0) is 55.8 Å². The molecule has 136 valence electrons. The summed E-state index contributed by atoms with van der Waals surface area (Å²) in [6.45, 7) is 3.61. The molecule has 2 unspecified atom stereocenters. The van der Waals surface area contributed by atoms with E-state index in [1.807, 2.05) is 45.0 Å². The van der Waals surface area contributed by atoms with Crippen LogP contribution >= 0.6 is 7.37 Å². The second-order valence-electron chi connectivity index (χ2n) is 6.31. The van der Waals surface area contributed by atoms with E-state index >= 15 is 0 Å². The van der Waals surface area contributed by atoms with Crippen LogP contribution < -0.4 is 14.9 Å². The molecule has 0 aliphatic rings. The molecular formula is C19H26NO4P. The van der Waals surface area contributed by atoms with Crippen molar-refractivity contribution in [3.63, 3.8) is 0 Å². The Morgan fingerprint density at radius 2 is 1.56 bits per heavy atom. The third-order valence-electron chi connectivity index (χ3n) is 3.83. The van der Waals surface area contributed by atoms with Crippen LogP contribution in [0.5, 0.6) is 5.75 Å². The summed E-state index contributed by atoms with van der Waals surface area (Å²) in [6, 6.07) is 14.1. The summed E-state index contributed by atoms with van der Waals surface area (Å²) in [5.41, 5.74) is 1.51. The van der Waals surface area contributed by atoms with Crippen LogP contribution in [0.25, 0.3) is 0 Å². The van der Waals surface area contributed by atoms with Gasteiger partial charge in [0.1, 0.15) is 5.75 Å². The van der Waals surface area contributed by atoms with Gasteiger partial charge in [0.25, 0.3) is 7.37 Å². The number of anilines is 1. The number of hydrogen-bond donors (Lipinski definition) is 1. The Hall–Kier alpha value is -1.81. The molecule has 0 fully saturated rings. The van der Waals surface area contributed by atoms with Crippen molar-refractivity contribution < 1.29 is 18.9 Å². The molecular weight excluding hydrogens is 337 g/mol. The molecule has 0 spiro atoms. The number of aliphatic hydroxyl groups is 1. The minimum atomic E-state index is -3.52. The van der Waals surface area contributed by atoms with Gasteiger partial charge in [0.2, 0.25) is 0 Å². The second kappa shape index (κ2) is 8.05. The first-order valence-electron chi connectivity index (χ1n) is 8.16. The lowest BCUT2D eigenvalue weighted by Gasteiger charge is -2.27. The lowest BCUT2D eigenvalue weighted by atomic mass is 10.2. The largest absolute Gasteiger partial charge is 0.497 e. The van der Waals surface area contributed by atoms with E-state index in [4.69, 9.17) is 9.26 Å². The van der Waals surface area contributed by atoms with Gasteiger partial charge in [-0.25, -0.2) is 0 Å². The predicted octanol–water partition coefficient (Wildman–Crippen LogP) is 3.78. The molecule has 6 heteroatoms. The number of benzene rings is 2. The quantitative estimate of drug-likeness (QED) is 0.759. The van der Waals surface area contributed by atoms with E-state index in [1.165, 1.54) is 0 Å². The molecule has 0 bridgehead atoms. The van der Waals surface area contributed by atoms with E-state index in [9.17, 15) is 9.67 Å². The number of methoxy groups -OCH3 is 1. The van der Waals surface area contributed by atoms with Gasteiger partial charge in [-0.2, -0.15) is 0 Å². The molecule has 0 heterocycles. The first-order valence-corrected chi connectivity index (χ1v) is 9.85. The standard InChI is InChI=1S/C19H26NO4P/c1-14(2)24-25(22,18-12-8-16(9-13-18)20(3)4)19(21)15-6-10-17(23-5)11-7-15/h6-14,19,21H,1-5H3. The molecule has 5 nitrogen and oxygen atoms in total. The lowest BCUT2D eigenvalue weighted by molar-refractivity contribution is 0.188. The Morgan fingerprint density at radius 3 is 2.00 bits per heavy atom. The SMILES string of the molecule is COc1ccc(C(O)P(=O)(OC(C)C)c2ccc(N(C)C)cc2)cc1. The summed E-state index contributed by atoms with van der Waals surface area (Å²) in [7, 11) is 1.93. The monoisotopic (exact) mass is 363 g/mol. The Morgan fingerprint density at radius 1 is 1.00 bits per heavy atom. The Balaban J connectivity index is 2.43. The maximum Gasteiger partial charge on any atom is 0.264 e. The summed E-state index contributed by atoms with van der Waals surface area (Å²) in [6.07, 6.45) is -0.285. The van der Waals surface area contributed by atoms with Crippen LogP contribution in [0.4, 0.5) is 5.69 Å². The van der Waals surface area contributed by atoms with Gasteiger partial charge in [0, 0.05) is 25.1 Å². The zero-order chi connectivity index (χ0) is 18.6. The molecule has 0 amide bonds. The average Bonchev–Trinajstić information content (AvgIpc) is 2.60. The van der Waals surface area contributed by atoms with Crippen molar-refractivity contribution in [3.05, 3.63) is 54.1 Å². The second-order valence-corrected chi connectivity index (χ2v) is 8.72. The van der Waals surface area contributed by atoms with E-state index < -0.39 is 13.2 Å². The highest BCUT2D eigenvalue weighted by molar-refractivity contribution is 7.67. The first-order chi connectivity index (χ1) is 11.8. The maximum absolute atomic E-state index is 13.6. The summed E-state index contributed by atoms with van der Waals surface area (Å²) in [4.78, 5) is 1.96. The van der Waals surface area contributed by atoms with Crippen molar-refractivity contribution in [1.82, 2.24) is 0 Å². The van der Waals surface area contributed by atoms with E-state index in [1.54, 1.807) is 43.5 Å². The lowest BCUT2D eigenvalue weighted by Crippen LogP contribution is -2.18. The minimum absolute atomic E-state index is 0.285. The molecule has 0 saturated carbocycles. The predicted molar refractivity (Wildman–Crippen MR) is 102 cm³/mol. The van der Waals surface area contributed by atoms with Gasteiger partial charge in [0.05, 0.1) is 13.2 Å². The third kappa shape index (κ3) is 4.43. The van der Waals surface area contributed by atoms with Crippen LogP contribution in [0.1, 0.15) is 25.3 Å². The molecule has 1 N–H and O–H groups in total. The number of ether oxygens (including phenoxy) is 1. The van der Waals surface area contributed by atoms with Crippen molar-refractivity contribution in [2.75, 3.05) is 26.1 Å². The van der Waals surface area contributed by atoms with Crippen molar-refractivity contribution in [2.24, 2.45) is 0 Å². The fourth-order valence-corrected chi connectivity index (χ4v) is 4.78. The van der Waals surface area contributed by atoms with Crippen LogP contribution in [0, 0.1) is 0 Å². The van der Waals surface area contributed by atoms with Crippen molar-refractivity contribution >= 4 is 18.4 Å². The molecule has 0 aromatic heterocycles. The van der Waals surface area contributed by atoms with Gasteiger partial charge in [0.15, 0.2) is 5.85 Å². The van der Waals surface area contributed by atoms with Gasteiger partial charge in [-0.1, -0.05) is 12.1 Å². The minimum Gasteiger partial charge on any atom is -0.497 e.